The summed E-state index contributed by atoms with van der Waals surface area (Å²) in [5, 5.41) is 14.9. The molecule has 0 saturated heterocycles. The van der Waals surface area contributed by atoms with E-state index in [2.05, 4.69) is 20.6 Å². The highest BCUT2D eigenvalue weighted by Crippen LogP contribution is 2.39. The van der Waals surface area contributed by atoms with Crippen molar-refractivity contribution in [1.82, 2.24) is 20.6 Å². The molecular formula is C25H23F3N4O5. The highest BCUT2D eigenvalue weighted by molar-refractivity contribution is 5.99. The maximum Gasteiger partial charge on any atom is 0.419 e. The molecule has 4 N–H and O–H groups in total. The lowest BCUT2D eigenvalue weighted by Crippen LogP contribution is -2.49. The number of pyridine rings is 2. The molecular weight excluding hydrogens is 493 g/mol. The van der Waals surface area contributed by atoms with E-state index in [9.17, 15) is 32.7 Å². The predicted octanol–water partition coefficient (Wildman–Crippen LogP) is 3.21. The van der Waals surface area contributed by atoms with E-state index in [1.807, 2.05) is 0 Å². The molecule has 194 valence electrons. The van der Waals surface area contributed by atoms with Gasteiger partial charge < -0.3 is 25.5 Å². The van der Waals surface area contributed by atoms with Crippen molar-refractivity contribution in [3.8, 4) is 11.5 Å². The van der Waals surface area contributed by atoms with Gasteiger partial charge in [0.1, 0.15) is 22.7 Å². The first kappa shape index (κ1) is 25.9. The molecule has 1 atom stereocenters. The number of nitrogens with one attached hydrogen (secondary N) is 3. The van der Waals surface area contributed by atoms with Crippen molar-refractivity contribution in [2.45, 2.75) is 44.1 Å². The number of H-pyrrole nitrogens is 1. The van der Waals surface area contributed by atoms with Crippen LogP contribution in [0.25, 0.3) is 0 Å². The van der Waals surface area contributed by atoms with Gasteiger partial charge in [0.25, 0.3) is 5.91 Å². The van der Waals surface area contributed by atoms with Crippen molar-refractivity contribution in [3.05, 3.63) is 87.6 Å². The van der Waals surface area contributed by atoms with Gasteiger partial charge in [0.2, 0.25) is 11.5 Å². The van der Waals surface area contributed by atoms with Gasteiger partial charge in [0.05, 0.1) is 30.1 Å². The van der Waals surface area contributed by atoms with Gasteiger partial charge in [-0.25, -0.2) is 0 Å². The summed E-state index contributed by atoms with van der Waals surface area (Å²) in [5.74, 6) is -1.39. The van der Waals surface area contributed by atoms with Crippen LogP contribution in [-0.4, -0.2) is 32.4 Å². The number of hydrogen-bond donors (Lipinski definition) is 4. The number of aromatic nitrogens is 2. The quantitative estimate of drug-likeness (QED) is 0.363. The zero-order valence-corrected chi connectivity index (χ0v) is 19.6. The number of rotatable bonds is 8. The second-order valence-corrected chi connectivity index (χ2v) is 8.66. The van der Waals surface area contributed by atoms with Crippen molar-refractivity contribution in [1.29, 1.82) is 0 Å². The average molecular weight is 516 g/mol. The predicted molar refractivity (Wildman–Crippen MR) is 125 cm³/mol. The minimum absolute atomic E-state index is 0.00971. The molecule has 3 aromatic rings. The summed E-state index contributed by atoms with van der Waals surface area (Å²) in [4.78, 5) is 43.0. The van der Waals surface area contributed by atoms with E-state index < -0.39 is 46.5 Å². The van der Waals surface area contributed by atoms with E-state index in [0.717, 1.165) is 12.1 Å². The molecule has 9 nitrogen and oxygen atoms in total. The maximum atomic E-state index is 13.5. The Morgan fingerprint density at radius 3 is 2.54 bits per heavy atom. The minimum atomic E-state index is -4.69. The molecule has 1 saturated carbocycles. The number of carbonyl (C=O) groups excluding carboxylic acids is 2. The van der Waals surface area contributed by atoms with Gasteiger partial charge in [-0.05, 0) is 55.7 Å². The Morgan fingerprint density at radius 1 is 1.19 bits per heavy atom. The van der Waals surface area contributed by atoms with E-state index in [1.54, 1.807) is 0 Å². The average Bonchev–Trinajstić information content (AvgIpc) is 3.63. The van der Waals surface area contributed by atoms with Crippen LogP contribution in [0.2, 0.25) is 0 Å². The topological polar surface area (TPSA) is 133 Å². The van der Waals surface area contributed by atoms with Crippen molar-refractivity contribution in [3.63, 3.8) is 0 Å². The molecule has 12 heteroatoms. The number of halogens is 3. The van der Waals surface area contributed by atoms with Crippen LogP contribution in [0.4, 0.5) is 13.2 Å². The maximum absolute atomic E-state index is 13.5. The minimum Gasteiger partial charge on any atom is -0.455 e. The largest absolute Gasteiger partial charge is 0.455 e. The second-order valence-electron chi connectivity index (χ2n) is 8.66. The van der Waals surface area contributed by atoms with Gasteiger partial charge in [-0.15, -0.1) is 0 Å². The van der Waals surface area contributed by atoms with E-state index >= 15 is 0 Å². The number of nitrogens with zero attached hydrogens (tertiary/aromatic N) is 1. The SMILES string of the molecule is CC(O)c1ccc(Oc2ccc(CNC(=O)C3(NC(=O)c4cccc(=O)[nH]4)CC3)nc2)c(C(F)(F)F)c1. The van der Waals surface area contributed by atoms with Crippen LogP contribution >= 0.6 is 0 Å². The van der Waals surface area contributed by atoms with Crippen molar-refractivity contribution < 1.29 is 32.6 Å². The number of benzene rings is 1. The number of carbonyl (C=O) groups is 2. The summed E-state index contributed by atoms with van der Waals surface area (Å²) in [6.07, 6.45) is -3.68. The fraction of sp³-hybridized carbons (Fsp3) is 0.280. The number of aliphatic hydroxyl groups is 1. The molecule has 37 heavy (non-hydrogen) atoms. The van der Waals surface area contributed by atoms with Crippen LogP contribution in [0.15, 0.2) is 59.5 Å². The molecule has 0 radical (unpaired) electrons. The van der Waals surface area contributed by atoms with Crippen molar-refractivity contribution in [2.24, 2.45) is 0 Å². The first-order valence-corrected chi connectivity index (χ1v) is 11.3. The number of hydrogen-bond acceptors (Lipinski definition) is 6. The monoisotopic (exact) mass is 516 g/mol. The summed E-state index contributed by atoms with van der Waals surface area (Å²) in [5.41, 5.74) is -2.00. The Labute approximate surface area is 208 Å². The normalized spacial score (nSPS) is 14.9. The van der Waals surface area contributed by atoms with E-state index in [0.29, 0.717) is 18.5 Å². The molecule has 0 spiro atoms. The smallest absolute Gasteiger partial charge is 0.419 e. The first-order valence-electron chi connectivity index (χ1n) is 11.3. The lowest BCUT2D eigenvalue weighted by molar-refractivity contribution is -0.138. The molecule has 1 aliphatic rings. The summed E-state index contributed by atoms with van der Waals surface area (Å²) in [6.45, 7) is 1.37. The van der Waals surface area contributed by atoms with Gasteiger partial charge >= 0.3 is 6.18 Å². The molecule has 0 aliphatic heterocycles. The van der Waals surface area contributed by atoms with Gasteiger partial charge in [-0.2, -0.15) is 13.2 Å². The molecule has 4 rings (SSSR count). The van der Waals surface area contributed by atoms with Crippen molar-refractivity contribution in [2.75, 3.05) is 0 Å². The lowest BCUT2D eigenvalue weighted by Gasteiger charge is -2.17. The fourth-order valence-corrected chi connectivity index (χ4v) is 3.56. The Morgan fingerprint density at radius 2 is 1.95 bits per heavy atom. The van der Waals surface area contributed by atoms with Crippen molar-refractivity contribution >= 4 is 11.8 Å². The number of alkyl halides is 3. The van der Waals surface area contributed by atoms with E-state index in [-0.39, 0.29) is 23.6 Å². The number of amides is 2. The summed E-state index contributed by atoms with van der Waals surface area (Å²) >= 11 is 0. The first-order chi connectivity index (χ1) is 17.5. The van der Waals surface area contributed by atoms with Gasteiger partial charge in [-0.3, -0.25) is 19.4 Å². The van der Waals surface area contributed by atoms with E-state index in [1.165, 1.54) is 49.5 Å². The van der Waals surface area contributed by atoms with Crippen LogP contribution < -0.4 is 20.9 Å². The third-order valence-electron chi connectivity index (χ3n) is 5.80. The molecule has 2 aromatic heterocycles. The van der Waals surface area contributed by atoms with Crippen LogP contribution in [-0.2, 0) is 17.5 Å². The molecule has 1 aliphatic carbocycles. The second kappa shape index (κ2) is 10.1. The third-order valence-corrected chi connectivity index (χ3v) is 5.80. The van der Waals surface area contributed by atoms with Crippen LogP contribution in [0, 0.1) is 0 Å². The number of ether oxygens (including phenoxy) is 1. The standard InChI is InChI=1S/C25H23F3N4O5/c1-14(33)15-5-8-20(18(11-15)25(26,27)28)37-17-7-6-16(29-13-17)12-30-23(36)24(9-10-24)32-22(35)19-3-2-4-21(34)31-19/h2-8,11,13-14,33H,9-10,12H2,1H3,(H,30,36)(H,31,34)(H,32,35). The Balaban J connectivity index is 1.37. The summed E-state index contributed by atoms with van der Waals surface area (Å²) in [7, 11) is 0. The van der Waals surface area contributed by atoms with Crippen LogP contribution in [0.1, 0.15) is 53.2 Å². The van der Waals surface area contributed by atoms with Crippen LogP contribution in [0.5, 0.6) is 11.5 Å². The zero-order chi connectivity index (χ0) is 26.8. The molecule has 1 fully saturated rings. The Hall–Kier alpha value is -4.19. The molecule has 0 bridgehead atoms. The zero-order valence-electron chi connectivity index (χ0n) is 19.6. The highest BCUT2D eigenvalue weighted by atomic mass is 19.4. The van der Waals surface area contributed by atoms with E-state index in [4.69, 9.17) is 4.74 Å². The van der Waals surface area contributed by atoms with Crippen LogP contribution in [0.3, 0.4) is 0 Å². The Kier molecular flexibility index (Phi) is 7.03. The van der Waals surface area contributed by atoms with Gasteiger partial charge in [-0.1, -0.05) is 12.1 Å². The van der Waals surface area contributed by atoms with Gasteiger partial charge in [0, 0.05) is 6.07 Å². The Bertz CT molecular complexity index is 1370. The third kappa shape index (κ3) is 6.15. The summed E-state index contributed by atoms with van der Waals surface area (Å²) < 4.78 is 45.8. The number of aromatic amines is 1. The molecule has 2 amide bonds. The fourth-order valence-electron chi connectivity index (χ4n) is 3.56. The summed E-state index contributed by atoms with van der Waals surface area (Å²) in [6, 6.07) is 10.3. The highest BCUT2D eigenvalue weighted by Gasteiger charge is 2.51. The molecule has 1 unspecified atom stereocenters. The molecule has 1 aromatic carbocycles. The van der Waals surface area contributed by atoms with Gasteiger partial charge in [0.15, 0.2) is 0 Å². The molecule has 2 heterocycles. The lowest BCUT2D eigenvalue weighted by atomic mass is 10.1. The number of aliphatic hydroxyl groups excluding tert-OH is 1.